The molecule has 5 heteroatoms. The molecule has 0 saturated carbocycles. The van der Waals surface area contributed by atoms with Crippen LogP contribution in [0.4, 0.5) is 11.8 Å². The second-order valence-corrected chi connectivity index (χ2v) is 4.97. The summed E-state index contributed by atoms with van der Waals surface area (Å²) in [5, 5.41) is 3.37. The van der Waals surface area contributed by atoms with Crippen LogP contribution >= 0.6 is 0 Å². The number of nitrogens with one attached hydrogen (secondary N) is 1. The number of rotatable bonds is 5. The molecule has 18 heavy (non-hydrogen) atoms. The monoisotopic (exact) mass is 249 g/mol. The normalized spacial score (nSPS) is 16.6. The number of aromatic nitrogens is 2. The summed E-state index contributed by atoms with van der Waals surface area (Å²) in [6.45, 7) is 4.54. The second kappa shape index (κ2) is 6.54. The molecular weight excluding hydrogens is 226 g/mol. The predicted octanol–water partition coefficient (Wildman–Crippen LogP) is 1.44. The first-order valence-electron chi connectivity index (χ1n) is 6.72. The van der Waals surface area contributed by atoms with Gasteiger partial charge in [-0.3, -0.25) is 0 Å². The van der Waals surface area contributed by atoms with Crippen LogP contribution in [0.2, 0.25) is 0 Å². The van der Waals surface area contributed by atoms with E-state index in [9.17, 15) is 0 Å². The number of anilines is 2. The van der Waals surface area contributed by atoms with Crippen LogP contribution in [0.5, 0.6) is 0 Å². The van der Waals surface area contributed by atoms with Gasteiger partial charge >= 0.3 is 0 Å². The maximum absolute atomic E-state index is 4.44. The Kier molecular flexibility index (Phi) is 4.75. The van der Waals surface area contributed by atoms with Crippen molar-refractivity contribution in [3.05, 3.63) is 12.3 Å². The summed E-state index contributed by atoms with van der Waals surface area (Å²) in [4.78, 5) is 13.1. The molecule has 0 aliphatic carbocycles. The average Bonchev–Trinajstić information content (AvgIpc) is 2.40. The Bertz CT molecular complexity index is 360. The van der Waals surface area contributed by atoms with Gasteiger partial charge in [-0.15, -0.1) is 0 Å². The van der Waals surface area contributed by atoms with Crippen molar-refractivity contribution in [3.63, 3.8) is 0 Å². The molecule has 0 aromatic carbocycles. The topological polar surface area (TPSA) is 44.3 Å². The average molecular weight is 249 g/mol. The fraction of sp³-hybridized carbons (Fsp3) is 0.692. The summed E-state index contributed by atoms with van der Waals surface area (Å²) in [7, 11) is 3.90. The van der Waals surface area contributed by atoms with Crippen LogP contribution in [0.25, 0.3) is 0 Å². The Morgan fingerprint density at radius 2 is 2.06 bits per heavy atom. The third kappa shape index (κ3) is 3.84. The molecule has 1 aromatic heterocycles. The van der Waals surface area contributed by atoms with Gasteiger partial charge in [0.2, 0.25) is 5.95 Å². The molecule has 0 amide bonds. The van der Waals surface area contributed by atoms with Crippen molar-refractivity contribution in [1.29, 1.82) is 0 Å². The molecule has 1 aromatic rings. The molecule has 0 unspecified atom stereocenters. The summed E-state index contributed by atoms with van der Waals surface area (Å²) in [6.07, 6.45) is 5.88. The van der Waals surface area contributed by atoms with Gasteiger partial charge in [-0.05, 0) is 32.0 Å². The lowest BCUT2D eigenvalue weighted by Gasteiger charge is -2.26. The molecule has 2 heterocycles. The molecule has 1 saturated heterocycles. The molecular formula is C13H23N5. The van der Waals surface area contributed by atoms with Gasteiger partial charge in [-0.2, -0.15) is 4.98 Å². The van der Waals surface area contributed by atoms with Crippen molar-refractivity contribution >= 4 is 11.8 Å². The zero-order valence-electron chi connectivity index (χ0n) is 11.4. The van der Waals surface area contributed by atoms with Gasteiger partial charge in [0, 0.05) is 33.4 Å². The maximum atomic E-state index is 4.44. The predicted molar refractivity (Wildman–Crippen MR) is 75.1 cm³/mol. The van der Waals surface area contributed by atoms with Crippen LogP contribution in [-0.2, 0) is 0 Å². The first-order chi connectivity index (χ1) is 8.75. The fourth-order valence-corrected chi connectivity index (χ4v) is 2.19. The van der Waals surface area contributed by atoms with Crippen molar-refractivity contribution in [2.45, 2.75) is 19.3 Å². The Labute approximate surface area is 109 Å². The van der Waals surface area contributed by atoms with Crippen LogP contribution < -0.4 is 10.2 Å². The van der Waals surface area contributed by atoms with E-state index in [1.54, 1.807) is 6.20 Å². The molecule has 0 atom stereocenters. The van der Waals surface area contributed by atoms with Crippen LogP contribution in [-0.4, -0.2) is 55.1 Å². The number of piperidine rings is 1. The SMILES string of the molecule is CN(C)c1nccc(NCCN2CCCCC2)n1. The minimum absolute atomic E-state index is 0.748. The molecule has 1 aliphatic heterocycles. The quantitative estimate of drug-likeness (QED) is 0.855. The van der Waals surface area contributed by atoms with E-state index in [-0.39, 0.29) is 0 Å². The third-order valence-electron chi connectivity index (χ3n) is 3.23. The zero-order valence-corrected chi connectivity index (χ0v) is 11.4. The highest BCUT2D eigenvalue weighted by atomic mass is 15.2. The van der Waals surface area contributed by atoms with Crippen molar-refractivity contribution in [1.82, 2.24) is 14.9 Å². The molecule has 100 valence electrons. The summed E-state index contributed by atoms with van der Waals surface area (Å²) in [5.41, 5.74) is 0. The molecule has 0 bridgehead atoms. The van der Waals surface area contributed by atoms with E-state index < -0.39 is 0 Å². The standard InChI is InChI=1S/C13H23N5/c1-17(2)13-15-7-6-12(16-13)14-8-11-18-9-4-3-5-10-18/h6-7H,3-5,8-11H2,1-2H3,(H,14,15,16). The van der Waals surface area contributed by atoms with Crippen molar-refractivity contribution in [2.24, 2.45) is 0 Å². The molecule has 1 N–H and O–H groups in total. The Morgan fingerprint density at radius 1 is 1.28 bits per heavy atom. The second-order valence-electron chi connectivity index (χ2n) is 4.97. The van der Waals surface area contributed by atoms with Gasteiger partial charge < -0.3 is 15.1 Å². The number of nitrogens with zero attached hydrogens (tertiary/aromatic N) is 4. The summed E-state index contributed by atoms with van der Waals surface area (Å²) in [5.74, 6) is 1.66. The Morgan fingerprint density at radius 3 is 2.78 bits per heavy atom. The smallest absolute Gasteiger partial charge is 0.226 e. The van der Waals surface area contributed by atoms with Crippen LogP contribution in [0, 0.1) is 0 Å². The minimum Gasteiger partial charge on any atom is -0.369 e. The third-order valence-corrected chi connectivity index (χ3v) is 3.23. The van der Waals surface area contributed by atoms with E-state index in [1.807, 2.05) is 25.1 Å². The van der Waals surface area contributed by atoms with E-state index in [0.29, 0.717) is 0 Å². The van der Waals surface area contributed by atoms with Crippen LogP contribution in [0.1, 0.15) is 19.3 Å². The molecule has 1 fully saturated rings. The van der Waals surface area contributed by atoms with E-state index >= 15 is 0 Å². The molecule has 0 radical (unpaired) electrons. The van der Waals surface area contributed by atoms with E-state index in [4.69, 9.17) is 0 Å². The van der Waals surface area contributed by atoms with Gasteiger partial charge in [0.15, 0.2) is 0 Å². The lowest BCUT2D eigenvalue weighted by atomic mass is 10.1. The summed E-state index contributed by atoms with van der Waals surface area (Å²) < 4.78 is 0. The van der Waals surface area contributed by atoms with E-state index in [1.165, 1.54) is 32.4 Å². The summed E-state index contributed by atoms with van der Waals surface area (Å²) in [6, 6.07) is 1.92. The first-order valence-corrected chi connectivity index (χ1v) is 6.72. The lowest BCUT2D eigenvalue weighted by Crippen LogP contribution is -2.33. The van der Waals surface area contributed by atoms with E-state index in [0.717, 1.165) is 24.9 Å². The highest BCUT2D eigenvalue weighted by Gasteiger charge is 2.09. The van der Waals surface area contributed by atoms with Crippen LogP contribution in [0.15, 0.2) is 12.3 Å². The van der Waals surface area contributed by atoms with Crippen molar-refractivity contribution < 1.29 is 0 Å². The van der Waals surface area contributed by atoms with Gasteiger partial charge in [0.25, 0.3) is 0 Å². The highest BCUT2D eigenvalue weighted by Crippen LogP contribution is 2.09. The van der Waals surface area contributed by atoms with Gasteiger partial charge in [0.05, 0.1) is 0 Å². The minimum atomic E-state index is 0.748. The fourth-order valence-electron chi connectivity index (χ4n) is 2.19. The van der Waals surface area contributed by atoms with Crippen LogP contribution in [0.3, 0.4) is 0 Å². The Balaban J connectivity index is 1.77. The van der Waals surface area contributed by atoms with Gasteiger partial charge in [-0.25, -0.2) is 4.98 Å². The maximum Gasteiger partial charge on any atom is 0.226 e. The number of likely N-dealkylation sites (tertiary alicyclic amines) is 1. The molecule has 1 aliphatic rings. The number of hydrogen-bond donors (Lipinski definition) is 1. The van der Waals surface area contributed by atoms with Gasteiger partial charge in [0.1, 0.15) is 5.82 Å². The number of hydrogen-bond acceptors (Lipinski definition) is 5. The lowest BCUT2D eigenvalue weighted by molar-refractivity contribution is 0.237. The Hall–Kier alpha value is -1.36. The summed E-state index contributed by atoms with van der Waals surface area (Å²) >= 11 is 0. The molecule has 5 nitrogen and oxygen atoms in total. The van der Waals surface area contributed by atoms with Crippen molar-refractivity contribution in [2.75, 3.05) is 50.5 Å². The van der Waals surface area contributed by atoms with E-state index in [2.05, 4.69) is 20.2 Å². The first kappa shape index (κ1) is 13.1. The van der Waals surface area contributed by atoms with Gasteiger partial charge in [-0.1, -0.05) is 6.42 Å². The zero-order chi connectivity index (χ0) is 12.8. The molecule has 2 rings (SSSR count). The largest absolute Gasteiger partial charge is 0.369 e. The highest BCUT2D eigenvalue weighted by molar-refractivity contribution is 5.40. The molecule has 0 spiro atoms. The van der Waals surface area contributed by atoms with Crippen molar-refractivity contribution in [3.8, 4) is 0 Å².